The van der Waals surface area contributed by atoms with Crippen LogP contribution in [0.3, 0.4) is 0 Å². The summed E-state index contributed by atoms with van der Waals surface area (Å²) in [5.41, 5.74) is 2.61. The second-order valence-electron chi connectivity index (χ2n) is 4.92. The third-order valence-corrected chi connectivity index (χ3v) is 3.51. The van der Waals surface area contributed by atoms with E-state index in [9.17, 15) is 4.79 Å². The Bertz CT molecular complexity index is 873. The van der Waals surface area contributed by atoms with Crippen molar-refractivity contribution in [2.45, 2.75) is 0 Å². The fourth-order valence-electron chi connectivity index (χ4n) is 2.37. The molecule has 23 heavy (non-hydrogen) atoms. The Balaban J connectivity index is 2.10. The lowest BCUT2D eigenvalue weighted by Crippen LogP contribution is -2.12. The topological polar surface area (TPSA) is 64.2 Å². The van der Waals surface area contributed by atoms with Crippen LogP contribution in [0.2, 0.25) is 0 Å². The van der Waals surface area contributed by atoms with E-state index in [1.54, 1.807) is 26.4 Å². The molecule has 0 saturated heterocycles. The van der Waals surface area contributed by atoms with Crippen LogP contribution < -0.4 is 15.2 Å². The molecule has 1 heterocycles. The second-order valence-corrected chi connectivity index (χ2v) is 4.92. The maximum absolute atomic E-state index is 11.9. The number of aromatic nitrogens is 2. The lowest BCUT2D eigenvalue weighted by Gasteiger charge is -2.10. The van der Waals surface area contributed by atoms with E-state index in [1.165, 1.54) is 0 Å². The number of benzene rings is 2. The van der Waals surface area contributed by atoms with E-state index in [1.807, 2.05) is 42.5 Å². The molecular formula is C18H16N2O3. The number of nitrogens with zero attached hydrogens (tertiary/aromatic N) is 1. The van der Waals surface area contributed by atoms with E-state index in [-0.39, 0.29) is 0 Å². The van der Waals surface area contributed by atoms with Crippen molar-refractivity contribution in [3.8, 4) is 34.0 Å². The van der Waals surface area contributed by atoms with Crippen LogP contribution in [0, 0.1) is 0 Å². The molecule has 0 atom stereocenters. The van der Waals surface area contributed by atoms with Crippen molar-refractivity contribution < 1.29 is 9.47 Å². The number of methoxy groups -OCH3 is 2. The van der Waals surface area contributed by atoms with Gasteiger partial charge in [-0.3, -0.25) is 0 Å². The van der Waals surface area contributed by atoms with Crippen LogP contribution >= 0.6 is 0 Å². The first-order chi connectivity index (χ1) is 11.2. The zero-order valence-corrected chi connectivity index (χ0v) is 12.9. The molecule has 1 aromatic heterocycles. The fourth-order valence-corrected chi connectivity index (χ4v) is 2.37. The summed E-state index contributed by atoms with van der Waals surface area (Å²) in [5.74, 6) is 1.22. The lowest BCUT2D eigenvalue weighted by atomic mass is 10.1. The van der Waals surface area contributed by atoms with Crippen molar-refractivity contribution in [3.63, 3.8) is 0 Å². The molecule has 2 aromatic carbocycles. The van der Waals surface area contributed by atoms with Crippen LogP contribution in [0.25, 0.3) is 22.5 Å². The summed E-state index contributed by atoms with van der Waals surface area (Å²) in [6, 6.07) is 16.9. The molecule has 0 bridgehead atoms. The molecule has 0 aliphatic rings. The minimum Gasteiger partial charge on any atom is -0.493 e. The Labute approximate surface area is 133 Å². The highest BCUT2D eigenvalue weighted by Crippen LogP contribution is 2.32. The zero-order chi connectivity index (χ0) is 16.2. The second kappa shape index (κ2) is 6.36. The number of hydrogen-bond donors (Lipinski definition) is 1. The summed E-state index contributed by atoms with van der Waals surface area (Å²) in [6.45, 7) is 0. The molecule has 0 saturated carbocycles. The first kappa shape index (κ1) is 14.8. The van der Waals surface area contributed by atoms with Crippen LogP contribution in [-0.4, -0.2) is 24.2 Å². The van der Waals surface area contributed by atoms with Crippen LogP contribution in [-0.2, 0) is 0 Å². The molecule has 5 nitrogen and oxygen atoms in total. The van der Waals surface area contributed by atoms with E-state index in [0.717, 1.165) is 16.8 Å². The van der Waals surface area contributed by atoms with Gasteiger partial charge >= 0.3 is 5.69 Å². The van der Waals surface area contributed by atoms with Gasteiger partial charge in [-0.15, -0.1) is 0 Å². The molecule has 0 radical (unpaired) electrons. The van der Waals surface area contributed by atoms with E-state index in [4.69, 9.17) is 9.47 Å². The maximum Gasteiger partial charge on any atom is 0.345 e. The summed E-state index contributed by atoms with van der Waals surface area (Å²) < 4.78 is 10.5. The first-order valence-corrected chi connectivity index (χ1v) is 7.10. The number of rotatable bonds is 4. The van der Waals surface area contributed by atoms with Gasteiger partial charge in [-0.1, -0.05) is 30.3 Å². The van der Waals surface area contributed by atoms with Gasteiger partial charge in [0.25, 0.3) is 0 Å². The summed E-state index contributed by atoms with van der Waals surface area (Å²) in [7, 11) is 3.15. The number of hydrogen-bond acceptors (Lipinski definition) is 4. The fraction of sp³-hybridized carbons (Fsp3) is 0.111. The quantitative estimate of drug-likeness (QED) is 0.804. The van der Waals surface area contributed by atoms with Gasteiger partial charge in [-0.25, -0.2) is 4.79 Å². The molecule has 3 aromatic rings. The summed E-state index contributed by atoms with van der Waals surface area (Å²) in [4.78, 5) is 18.7. The van der Waals surface area contributed by atoms with Gasteiger partial charge in [0.2, 0.25) is 0 Å². The summed E-state index contributed by atoms with van der Waals surface area (Å²) >= 11 is 0. The normalized spacial score (nSPS) is 10.3. The van der Waals surface area contributed by atoms with Gasteiger partial charge in [0.05, 0.1) is 25.6 Å². The smallest absolute Gasteiger partial charge is 0.345 e. The van der Waals surface area contributed by atoms with Crippen molar-refractivity contribution in [1.82, 2.24) is 9.97 Å². The van der Waals surface area contributed by atoms with E-state index in [2.05, 4.69) is 9.97 Å². The molecule has 116 valence electrons. The molecular weight excluding hydrogens is 292 g/mol. The van der Waals surface area contributed by atoms with Gasteiger partial charge in [0.1, 0.15) is 0 Å². The Hall–Kier alpha value is -3.08. The molecule has 0 unspecified atom stereocenters. The van der Waals surface area contributed by atoms with Crippen molar-refractivity contribution in [2.75, 3.05) is 14.2 Å². The number of H-pyrrole nitrogens is 1. The van der Waals surface area contributed by atoms with Crippen molar-refractivity contribution >= 4 is 0 Å². The lowest BCUT2D eigenvalue weighted by molar-refractivity contribution is 0.355. The van der Waals surface area contributed by atoms with Crippen LogP contribution in [0.1, 0.15) is 0 Å². The monoisotopic (exact) mass is 308 g/mol. The third-order valence-electron chi connectivity index (χ3n) is 3.51. The number of nitrogens with one attached hydrogen (secondary N) is 1. The van der Waals surface area contributed by atoms with Gasteiger partial charge in [0, 0.05) is 5.56 Å². The van der Waals surface area contributed by atoms with E-state index < -0.39 is 5.69 Å². The number of ether oxygens (including phenoxy) is 2. The molecule has 0 aliphatic carbocycles. The van der Waals surface area contributed by atoms with Crippen LogP contribution in [0.4, 0.5) is 0 Å². The molecule has 0 spiro atoms. The SMILES string of the molecule is COc1ccc(-c2cc(-c3ccccc3)[nH]c(=O)n2)cc1OC. The van der Waals surface area contributed by atoms with Gasteiger partial charge < -0.3 is 14.5 Å². The Kier molecular flexibility index (Phi) is 4.10. The van der Waals surface area contributed by atoms with Crippen molar-refractivity contribution in [1.29, 1.82) is 0 Å². The maximum atomic E-state index is 11.9. The highest BCUT2D eigenvalue weighted by molar-refractivity contribution is 5.69. The van der Waals surface area contributed by atoms with E-state index >= 15 is 0 Å². The average Bonchev–Trinajstić information content (AvgIpc) is 2.61. The average molecular weight is 308 g/mol. The molecule has 0 amide bonds. The van der Waals surface area contributed by atoms with Gasteiger partial charge in [0.15, 0.2) is 11.5 Å². The summed E-state index contributed by atoms with van der Waals surface area (Å²) in [6.07, 6.45) is 0. The minimum atomic E-state index is -0.392. The highest BCUT2D eigenvalue weighted by atomic mass is 16.5. The van der Waals surface area contributed by atoms with E-state index in [0.29, 0.717) is 17.2 Å². The van der Waals surface area contributed by atoms with Gasteiger partial charge in [-0.2, -0.15) is 4.98 Å². The predicted molar refractivity (Wildman–Crippen MR) is 88.8 cm³/mol. The molecule has 5 heteroatoms. The highest BCUT2D eigenvalue weighted by Gasteiger charge is 2.09. The van der Waals surface area contributed by atoms with Gasteiger partial charge in [-0.05, 0) is 29.8 Å². The third kappa shape index (κ3) is 3.08. The molecule has 0 aliphatic heterocycles. The predicted octanol–water partition coefficient (Wildman–Crippen LogP) is 3.12. The van der Waals surface area contributed by atoms with Crippen molar-refractivity contribution in [2.24, 2.45) is 0 Å². The largest absolute Gasteiger partial charge is 0.493 e. The Morgan fingerprint density at radius 2 is 1.61 bits per heavy atom. The molecule has 1 N–H and O–H groups in total. The molecule has 3 rings (SSSR count). The number of aromatic amines is 1. The Morgan fingerprint density at radius 3 is 2.30 bits per heavy atom. The zero-order valence-electron chi connectivity index (χ0n) is 12.9. The van der Waals surface area contributed by atoms with Crippen LogP contribution in [0.15, 0.2) is 59.4 Å². The molecule has 0 fully saturated rings. The summed E-state index contributed by atoms with van der Waals surface area (Å²) in [5, 5.41) is 0. The standard InChI is InChI=1S/C18H16N2O3/c1-22-16-9-8-13(10-17(16)23-2)15-11-14(19-18(21)20-15)12-6-4-3-5-7-12/h3-11H,1-2H3,(H,19,20,21). The van der Waals surface area contributed by atoms with Crippen LogP contribution in [0.5, 0.6) is 11.5 Å². The Morgan fingerprint density at radius 1 is 0.870 bits per heavy atom. The van der Waals surface area contributed by atoms with Crippen molar-refractivity contribution in [3.05, 3.63) is 65.1 Å². The first-order valence-electron chi connectivity index (χ1n) is 7.10. The minimum absolute atomic E-state index is 0.392.